The van der Waals surface area contributed by atoms with E-state index in [-0.39, 0.29) is 0 Å². The average molecular weight is 248 g/mol. The molecule has 2 nitrogen and oxygen atoms in total. The van der Waals surface area contributed by atoms with Crippen molar-refractivity contribution in [3.05, 3.63) is 35.9 Å². The standard InChI is InChI=1S/C16H28N2/c1-5-18(13-16-9-7-6-8-10-16)15(4)12-17-11-14(2)3/h6-10,14-15,17H,5,11-13H2,1-4H3. The van der Waals surface area contributed by atoms with E-state index in [0.717, 1.165) is 32.1 Å². The lowest BCUT2D eigenvalue weighted by Gasteiger charge is -2.28. The number of hydrogen-bond donors (Lipinski definition) is 1. The maximum Gasteiger partial charge on any atom is 0.0236 e. The highest BCUT2D eigenvalue weighted by Gasteiger charge is 2.11. The first-order valence-corrected chi connectivity index (χ1v) is 7.12. The summed E-state index contributed by atoms with van der Waals surface area (Å²) in [5.41, 5.74) is 1.40. The third-order valence-corrected chi connectivity index (χ3v) is 3.25. The molecule has 0 radical (unpaired) electrons. The Kier molecular flexibility index (Phi) is 6.99. The van der Waals surface area contributed by atoms with Crippen molar-refractivity contribution in [3.8, 4) is 0 Å². The lowest BCUT2D eigenvalue weighted by Crippen LogP contribution is -2.40. The van der Waals surface area contributed by atoms with Gasteiger partial charge in [-0.3, -0.25) is 4.90 Å². The van der Waals surface area contributed by atoms with Crippen LogP contribution in [0.2, 0.25) is 0 Å². The van der Waals surface area contributed by atoms with Crippen LogP contribution in [0, 0.1) is 5.92 Å². The fourth-order valence-corrected chi connectivity index (χ4v) is 2.11. The highest BCUT2D eigenvalue weighted by molar-refractivity contribution is 5.14. The van der Waals surface area contributed by atoms with E-state index >= 15 is 0 Å². The van der Waals surface area contributed by atoms with Crippen molar-refractivity contribution in [3.63, 3.8) is 0 Å². The molecule has 2 heteroatoms. The van der Waals surface area contributed by atoms with Gasteiger partial charge in [0, 0.05) is 19.1 Å². The van der Waals surface area contributed by atoms with Crippen LogP contribution in [0.3, 0.4) is 0 Å². The molecular weight excluding hydrogens is 220 g/mol. The zero-order valence-corrected chi connectivity index (χ0v) is 12.3. The first-order valence-electron chi connectivity index (χ1n) is 7.12. The molecule has 1 aromatic carbocycles. The predicted molar refractivity (Wildman–Crippen MR) is 79.7 cm³/mol. The van der Waals surface area contributed by atoms with E-state index in [1.165, 1.54) is 5.56 Å². The molecule has 1 aromatic rings. The molecule has 0 aliphatic carbocycles. The molecule has 1 N–H and O–H groups in total. The first kappa shape index (κ1) is 15.2. The quantitative estimate of drug-likeness (QED) is 0.760. The molecule has 1 rings (SSSR count). The van der Waals surface area contributed by atoms with Gasteiger partial charge in [-0.15, -0.1) is 0 Å². The van der Waals surface area contributed by atoms with Crippen molar-refractivity contribution in [2.75, 3.05) is 19.6 Å². The second-order valence-electron chi connectivity index (χ2n) is 5.45. The summed E-state index contributed by atoms with van der Waals surface area (Å²) in [7, 11) is 0. The molecule has 0 saturated heterocycles. The summed E-state index contributed by atoms with van der Waals surface area (Å²) in [6, 6.07) is 11.3. The minimum Gasteiger partial charge on any atom is -0.315 e. The summed E-state index contributed by atoms with van der Waals surface area (Å²) < 4.78 is 0. The molecule has 1 unspecified atom stereocenters. The number of hydrogen-bond acceptors (Lipinski definition) is 2. The van der Waals surface area contributed by atoms with Crippen LogP contribution in [0.5, 0.6) is 0 Å². The molecule has 1 atom stereocenters. The Morgan fingerprint density at radius 1 is 1.06 bits per heavy atom. The van der Waals surface area contributed by atoms with Crippen LogP contribution < -0.4 is 5.32 Å². The van der Waals surface area contributed by atoms with Crippen LogP contribution >= 0.6 is 0 Å². The summed E-state index contributed by atoms with van der Waals surface area (Å²) in [6.07, 6.45) is 0. The second kappa shape index (κ2) is 8.28. The van der Waals surface area contributed by atoms with Crippen LogP contribution in [0.1, 0.15) is 33.3 Å². The van der Waals surface area contributed by atoms with Crippen molar-refractivity contribution in [2.24, 2.45) is 5.92 Å². The Bertz CT molecular complexity index is 308. The third-order valence-electron chi connectivity index (χ3n) is 3.25. The molecule has 0 aliphatic heterocycles. The molecule has 0 aliphatic rings. The molecule has 0 fully saturated rings. The third kappa shape index (κ3) is 5.65. The van der Waals surface area contributed by atoms with Crippen LogP contribution in [0.25, 0.3) is 0 Å². The SMILES string of the molecule is CCN(Cc1ccccc1)C(C)CNCC(C)C. The number of rotatable bonds is 8. The molecule has 0 amide bonds. The largest absolute Gasteiger partial charge is 0.315 e. The number of likely N-dealkylation sites (N-methyl/N-ethyl adjacent to an activating group) is 1. The van der Waals surface area contributed by atoms with E-state index in [4.69, 9.17) is 0 Å². The minimum atomic E-state index is 0.578. The van der Waals surface area contributed by atoms with E-state index in [1.807, 2.05) is 0 Å². The highest BCUT2D eigenvalue weighted by Crippen LogP contribution is 2.07. The maximum absolute atomic E-state index is 3.54. The number of nitrogens with one attached hydrogen (secondary N) is 1. The van der Waals surface area contributed by atoms with Crippen LogP contribution in [-0.2, 0) is 6.54 Å². The fourth-order valence-electron chi connectivity index (χ4n) is 2.11. The van der Waals surface area contributed by atoms with Gasteiger partial charge in [0.25, 0.3) is 0 Å². The second-order valence-corrected chi connectivity index (χ2v) is 5.45. The smallest absolute Gasteiger partial charge is 0.0236 e. The van der Waals surface area contributed by atoms with Gasteiger partial charge in [0.05, 0.1) is 0 Å². The summed E-state index contributed by atoms with van der Waals surface area (Å²) in [6.45, 7) is 13.4. The Morgan fingerprint density at radius 2 is 1.72 bits per heavy atom. The zero-order valence-electron chi connectivity index (χ0n) is 12.3. The summed E-state index contributed by atoms with van der Waals surface area (Å²) >= 11 is 0. The Labute approximate surface area is 112 Å². The first-order chi connectivity index (χ1) is 8.63. The molecule has 0 heterocycles. The molecular formula is C16H28N2. The Hall–Kier alpha value is -0.860. The van der Waals surface area contributed by atoms with Crippen LogP contribution in [0.4, 0.5) is 0 Å². The summed E-state index contributed by atoms with van der Waals surface area (Å²) in [4.78, 5) is 2.52. The van der Waals surface area contributed by atoms with Crippen molar-refractivity contribution >= 4 is 0 Å². The monoisotopic (exact) mass is 248 g/mol. The van der Waals surface area contributed by atoms with E-state index in [9.17, 15) is 0 Å². The predicted octanol–water partition coefficient (Wildman–Crippen LogP) is 3.14. The molecule has 0 bridgehead atoms. The Morgan fingerprint density at radius 3 is 2.28 bits per heavy atom. The van der Waals surface area contributed by atoms with E-state index in [2.05, 4.69) is 68.2 Å². The van der Waals surface area contributed by atoms with E-state index < -0.39 is 0 Å². The molecule has 0 saturated carbocycles. The number of nitrogens with zero attached hydrogens (tertiary/aromatic N) is 1. The average Bonchev–Trinajstić information content (AvgIpc) is 2.36. The van der Waals surface area contributed by atoms with E-state index in [0.29, 0.717) is 6.04 Å². The zero-order chi connectivity index (χ0) is 13.4. The lowest BCUT2D eigenvalue weighted by atomic mass is 10.1. The van der Waals surface area contributed by atoms with Crippen molar-refractivity contribution in [2.45, 2.75) is 40.3 Å². The van der Waals surface area contributed by atoms with Crippen molar-refractivity contribution in [1.82, 2.24) is 10.2 Å². The Balaban J connectivity index is 2.40. The lowest BCUT2D eigenvalue weighted by molar-refractivity contribution is 0.205. The summed E-state index contributed by atoms with van der Waals surface area (Å²) in [5, 5.41) is 3.54. The topological polar surface area (TPSA) is 15.3 Å². The van der Waals surface area contributed by atoms with Crippen molar-refractivity contribution in [1.29, 1.82) is 0 Å². The van der Waals surface area contributed by atoms with Crippen LogP contribution in [-0.4, -0.2) is 30.6 Å². The fraction of sp³-hybridized carbons (Fsp3) is 0.625. The molecule has 0 aromatic heterocycles. The number of benzene rings is 1. The van der Waals surface area contributed by atoms with Gasteiger partial charge in [0.15, 0.2) is 0 Å². The molecule has 0 spiro atoms. The van der Waals surface area contributed by atoms with Gasteiger partial charge in [-0.1, -0.05) is 51.1 Å². The normalized spacial score (nSPS) is 13.2. The molecule has 102 valence electrons. The minimum absolute atomic E-state index is 0.578. The van der Waals surface area contributed by atoms with Gasteiger partial charge >= 0.3 is 0 Å². The highest BCUT2D eigenvalue weighted by atomic mass is 15.2. The van der Waals surface area contributed by atoms with Gasteiger partial charge in [-0.05, 0) is 31.5 Å². The van der Waals surface area contributed by atoms with Gasteiger partial charge in [-0.25, -0.2) is 0 Å². The van der Waals surface area contributed by atoms with Gasteiger partial charge < -0.3 is 5.32 Å². The van der Waals surface area contributed by atoms with Crippen molar-refractivity contribution < 1.29 is 0 Å². The van der Waals surface area contributed by atoms with Crippen LogP contribution in [0.15, 0.2) is 30.3 Å². The van der Waals surface area contributed by atoms with Gasteiger partial charge in [0.1, 0.15) is 0 Å². The summed E-state index contributed by atoms with van der Waals surface area (Å²) in [5.74, 6) is 0.724. The van der Waals surface area contributed by atoms with E-state index in [1.54, 1.807) is 0 Å². The van der Waals surface area contributed by atoms with Gasteiger partial charge in [-0.2, -0.15) is 0 Å². The van der Waals surface area contributed by atoms with Gasteiger partial charge in [0.2, 0.25) is 0 Å². The maximum atomic E-state index is 3.54. The molecule has 18 heavy (non-hydrogen) atoms.